The van der Waals surface area contributed by atoms with Gasteiger partial charge < -0.3 is 15.2 Å². The molecule has 1 aliphatic rings. The molecule has 3 rings (SSSR count). The van der Waals surface area contributed by atoms with Crippen molar-refractivity contribution < 1.29 is 9.84 Å². The number of nitrogens with one attached hydrogen (secondary N) is 1. The molecule has 0 spiro atoms. The molecule has 2 aromatic rings. The number of methoxy groups -OCH3 is 1. The van der Waals surface area contributed by atoms with Gasteiger partial charge in [0.2, 0.25) is 0 Å². The number of halogens is 1. The Morgan fingerprint density at radius 1 is 1.44 bits per heavy atom. The molecular weight excluding hydrogens is 314 g/mol. The van der Waals surface area contributed by atoms with Gasteiger partial charge in [-0.15, -0.1) is 0 Å². The summed E-state index contributed by atoms with van der Waals surface area (Å²) in [5.74, 6) is 0.807. The topological polar surface area (TPSA) is 41.5 Å². The van der Waals surface area contributed by atoms with Crippen LogP contribution in [-0.2, 0) is 0 Å². The van der Waals surface area contributed by atoms with Crippen molar-refractivity contribution in [2.75, 3.05) is 12.4 Å². The number of aliphatic hydroxyl groups excluding tert-OH is 1. The SMILES string of the molecule is COc1cc(C)c2c(c1Br)-c1cscc1C(O)N2. The number of rotatable bonds is 1. The van der Waals surface area contributed by atoms with E-state index >= 15 is 0 Å². The summed E-state index contributed by atoms with van der Waals surface area (Å²) in [5, 5.41) is 17.3. The Labute approximate surface area is 118 Å². The van der Waals surface area contributed by atoms with Gasteiger partial charge in [0.1, 0.15) is 5.75 Å². The maximum atomic E-state index is 10.1. The van der Waals surface area contributed by atoms with Crippen molar-refractivity contribution in [2.45, 2.75) is 13.2 Å². The standard InChI is InChI=1S/C13H12BrNO2S/c1-6-3-9(17-2)11(14)10-7-4-18-5-8(7)13(16)15-12(6)10/h3-5,13,15-16H,1-2H3. The summed E-state index contributed by atoms with van der Waals surface area (Å²) in [5.41, 5.74) is 5.06. The summed E-state index contributed by atoms with van der Waals surface area (Å²) < 4.78 is 6.30. The first-order chi connectivity index (χ1) is 8.63. The fourth-order valence-corrected chi connectivity index (χ4v) is 3.83. The molecule has 1 aromatic carbocycles. The lowest BCUT2D eigenvalue weighted by Crippen LogP contribution is -2.16. The van der Waals surface area contributed by atoms with Gasteiger partial charge in [0, 0.05) is 22.4 Å². The molecule has 1 atom stereocenters. The number of aryl methyl sites for hydroxylation is 1. The lowest BCUT2D eigenvalue weighted by molar-refractivity contribution is 0.208. The van der Waals surface area contributed by atoms with Crippen molar-refractivity contribution in [3.63, 3.8) is 0 Å². The third kappa shape index (κ3) is 1.58. The van der Waals surface area contributed by atoms with Gasteiger partial charge in [0.05, 0.1) is 11.6 Å². The van der Waals surface area contributed by atoms with Crippen LogP contribution in [0.3, 0.4) is 0 Å². The third-order valence-corrected chi connectivity index (χ3v) is 4.73. The maximum absolute atomic E-state index is 10.1. The highest BCUT2D eigenvalue weighted by Gasteiger charge is 2.27. The summed E-state index contributed by atoms with van der Waals surface area (Å²) in [4.78, 5) is 0. The second kappa shape index (κ2) is 4.26. The Bertz CT molecular complexity index is 624. The first-order valence-corrected chi connectivity index (χ1v) is 7.25. The van der Waals surface area contributed by atoms with E-state index in [-0.39, 0.29) is 0 Å². The van der Waals surface area contributed by atoms with Crippen molar-refractivity contribution in [2.24, 2.45) is 0 Å². The zero-order valence-electron chi connectivity index (χ0n) is 9.95. The van der Waals surface area contributed by atoms with E-state index in [0.717, 1.165) is 38.2 Å². The molecule has 1 aromatic heterocycles. The van der Waals surface area contributed by atoms with Crippen molar-refractivity contribution in [3.05, 3.63) is 32.4 Å². The largest absolute Gasteiger partial charge is 0.496 e. The molecule has 0 radical (unpaired) electrons. The number of hydrogen-bond donors (Lipinski definition) is 2. The monoisotopic (exact) mass is 325 g/mol. The number of anilines is 1. The van der Waals surface area contributed by atoms with Crippen LogP contribution < -0.4 is 10.1 Å². The van der Waals surface area contributed by atoms with Gasteiger partial charge in [-0.05, 0) is 45.2 Å². The number of aliphatic hydroxyl groups is 1. The van der Waals surface area contributed by atoms with Gasteiger partial charge in [-0.25, -0.2) is 0 Å². The summed E-state index contributed by atoms with van der Waals surface area (Å²) in [6, 6.07) is 1.96. The van der Waals surface area contributed by atoms with Crippen molar-refractivity contribution >= 4 is 33.0 Å². The predicted octanol–water partition coefficient (Wildman–Crippen LogP) is 3.91. The Hall–Kier alpha value is -1.04. The molecule has 0 saturated heterocycles. The van der Waals surface area contributed by atoms with E-state index in [2.05, 4.69) is 26.6 Å². The molecule has 0 saturated carbocycles. The molecule has 2 heterocycles. The molecule has 94 valence electrons. The second-order valence-electron chi connectivity index (χ2n) is 4.25. The van der Waals surface area contributed by atoms with Gasteiger partial charge >= 0.3 is 0 Å². The van der Waals surface area contributed by atoms with E-state index in [9.17, 15) is 5.11 Å². The van der Waals surface area contributed by atoms with E-state index < -0.39 is 6.23 Å². The van der Waals surface area contributed by atoms with Crippen molar-refractivity contribution in [1.29, 1.82) is 0 Å². The van der Waals surface area contributed by atoms with Crippen molar-refractivity contribution in [3.8, 4) is 16.9 Å². The highest BCUT2D eigenvalue weighted by atomic mass is 79.9. The molecule has 0 fully saturated rings. The van der Waals surface area contributed by atoms with Crippen LogP contribution in [0.1, 0.15) is 17.4 Å². The molecule has 2 N–H and O–H groups in total. The highest BCUT2D eigenvalue weighted by molar-refractivity contribution is 9.10. The summed E-state index contributed by atoms with van der Waals surface area (Å²) in [6.07, 6.45) is -0.641. The molecular formula is C13H12BrNO2S. The number of ether oxygens (including phenoxy) is 1. The summed E-state index contributed by atoms with van der Waals surface area (Å²) in [6.45, 7) is 2.00. The van der Waals surface area contributed by atoms with Crippen LogP contribution in [0, 0.1) is 6.92 Å². The highest BCUT2D eigenvalue weighted by Crippen LogP contribution is 2.49. The molecule has 1 aliphatic heterocycles. The Kier molecular flexibility index (Phi) is 2.84. The van der Waals surface area contributed by atoms with Crippen LogP contribution in [0.15, 0.2) is 21.3 Å². The van der Waals surface area contributed by atoms with Gasteiger partial charge in [-0.1, -0.05) is 0 Å². The van der Waals surface area contributed by atoms with Gasteiger partial charge in [-0.2, -0.15) is 11.3 Å². The first kappa shape index (κ1) is 12.0. The lowest BCUT2D eigenvalue weighted by Gasteiger charge is -2.27. The zero-order chi connectivity index (χ0) is 12.9. The Morgan fingerprint density at radius 2 is 2.22 bits per heavy atom. The lowest BCUT2D eigenvalue weighted by atomic mass is 9.95. The number of benzene rings is 1. The van der Waals surface area contributed by atoms with E-state index in [1.54, 1.807) is 18.4 Å². The molecule has 1 unspecified atom stereocenters. The predicted molar refractivity (Wildman–Crippen MR) is 77.3 cm³/mol. The third-order valence-electron chi connectivity index (χ3n) is 3.18. The quantitative estimate of drug-likeness (QED) is 0.835. The minimum atomic E-state index is -0.641. The maximum Gasteiger partial charge on any atom is 0.152 e. The Morgan fingerprint density at radius 3 is 2.94 bits per heavy atom. The fraction of sp³-hybridized carbons (Fsp3) is 0.231. The normalized spacial score (nSPS) is 16.8. The van der Waals surface area contributed by atoms with Crippen LogP contribution >= 0.6 is 27.3 Å². The number of hydrogen-bond acceptors (Lipinski definition) is 4. The smallest absolute Gasteiger partial charge is 0.152 e. The van der Waals surface area contributed by atoms with E-state index in [0.29, 0.717) is 0 Å². The number of thiophene rings is 1. The molecule has 5 heteroatoms. The average molecular weight is 326 g/mol. The van der Waals surface area contributed by atoms with Crippen LogP contribution in [0.4, 0.5) is 5.69 Å². The van der Waals surface area contributed by atoms with Gasteiger partial charge in [0.25, 0.3) is 0 Å². The van der Waals surface area contributed by atoms with E-state index in [4.69, 9.17) is 4.74 Å². The molecule has 0 aliphatic carbocycles. The molecule has 0 bridgehead atoms. The second-order valence-corrected chi connectivity index (χ2v) is 5.78. The van der Waals surface area contributed by atoms with E-state index in [1.165, 1.54) is 0 Å². The minimum absolute atomic E-state index is 0.641. The molecule has 0 amide bonds. The fourth-order valence-electron chi connectivity index (χ4n) is 2.29. The van der Waals surface area contributed by atoms with Crippen LogP contribution in [-0.4, -0.2) is 12.2 Å². The van der Waals surface area contributed by atoms with Crippen LogP contribution in [0.25, 0.3) is 11.1 Å². The van der Waals surface area contributed by atoms with Gasteiger partial charge in [0.15, 0.2) is 6.23 Å². The molecule has 18 heavy (non-hydrogen) atoms. The minimum Gasteiger partial charge on any atom is -0.496 e. The first-order valence-electron chi connectivity index (χ1n) is 5.51. The van der Waals surface area contributed by atoms with Crippen LogP contribution in [0.2, 0.25) is 0 Å². The average Bonchev–Trinajstić information content (AvgIpc) is 2.83. The van der Waals surface area contributed by atoms with E-state index in [1.807, 2.05) is 18.4 Å². The van der Waals surface area contributed by atoms with Crippen LogP contribution in [0.5, 0.6) is 5.75 Å². The van der Waals surface area contributed by atoms with Crippen molar-refractivity contribution in [1.82, 2.24) is 0 Å². The summed E-state index contributed by atoms with van der Waals surface area (Å²) in [7, 11) is 1.66. The zero-order valence-corrected chi connectivity index (χ0v) is 12.4. The number of fused-ring (bicyclic) bond motifs is 3. The summed E-state index contributed by atoms with van der Waals surface area (Å²) >= 11 is 5.18. The Balaban J connectivity index is 2.35. The molecule has 3 nitrogen and oxygen atoms in total. The van der Waals surface area contributed by atoms with Gasteiger partial charge in [-0.3, -0.25) is 0 Å².